The number of hydrogen-bond acceptors (Lipinski definition) is 0. The average molecular weight is 603 g/mol. The zero-order valence-electron chi connectivity index (χ0n) is 23.0. The first-order valence-corrected chi connectivity index (χ1v) is 14.4. The fourth-order valence-electron chi connectivity index (χ4n) is 4.59. The quantitative estimate of drug-likeness (QED) is 0.312. The maximum absolute atomic E-state index is 2.36. The molecule has 3 aromatic carbocycles. The fraction of sp³-hybridized carbons (Fsp3) is 0.387. The largest absolute Gasteiger partial charge is 3.00 e. The predicted molar refractivity (Wildman–Crippen MR) is 147 cm³/mol. The van der Waals surface area contributed by atoms with Crippen molar-refractivity contribution in [2.24, 2.45) is 0 Å². The molecule has 0 atom stereocenters. The minimum Gasteiger partial charge on any atom is -1.00 e. The summed E-state index contributed by atoms with van der Waals surface area (Å²) >= 11 is 0. The van der Waals surface area contributed by atoms with Crippen LogP contribution >= 0.6 is 0 Å². The van der Waals surface area contributed by atoms with Gasteiger partial charge in [-0.1, -0.05) is 120 Å². The minimum atomic E-state index is -0.0859. The molecule has 0 aliphatic heterocycles. The van der Waals surface area contributed by atoms with Crippen molar-refractivity contribution in [3.8, 4) is 11.1 Å². The van der Waals surface area contributed by atoms with Gasteiger partial charge in [0, 0.05) is 0 Å². The van der Waals surface area contributed by atoms with Gasteiger partial charge in [-0.25, -0.2) is 0 Å². The molecule has 0 fully saturated rings. The maximum atomic E-state index is 2.36. The summed E-state index contributed by atoms with van der Waals surface area (Å²) < 4.78 is 0. The number of rotatable bonds is 2. The summed E-state index contributed by atoms with van der Waals surface area (Å²) in [6.45, 7) is 22.8. The molecule has 0 heterocycles. The van der Waals surface area contributed by atoms with E-state index in [1.807, 2.05) is 0 Å². The topological polar surface area (TPSA) is 0 Å². The number of fused-ring (bicyclic) bond motifs is 1. The van der Waals surface area contributed by atoms with Gasteiger partial charge in [-0.15, -0.1) is 28.0 Å². The minimum absolute atomic E-state index is 0. The van der Waals surface area contributed by atoms with Crippen LogP contribution in [-0.4, -0.2) is 8.80 Å². The molecule has 1 aliphatic rings. The Labute approximate surface area is 247 Å². The fourth-order valence-corrected chi connectivity index (χ4v) is 5.58. The van der Waals surface area contributed by atoms with E-state index < -0.39 is 0 Å². The van der Waals surface area contributed by atoms with Crippen molar-refractivity contribution in [1.82, 2.24) is 0 Å². The van der Waals surface area contributed by atoms with Crippen LogP contribution < -0.4 is 24.8 Å². The molecular formula is C31H40Cl2SiZr. The smallest absolute Gasteiger partial charge is 1.00 e. The van der Waals surface area contributed by atoms with Crippen LogP contribution in [0, 0.1) is 34.6 Å². The van der Waals surface area contributed by atoms with E-state index in [1.54, 1.807) is 0 Å². The predicted octanol–water partition coefficient (Wildman–Crippen LogP) is 3.31. The Morgan fingerprint density at radius 2 is 1.26 bits per heavy atom. The Morgan fingerprint density at radius 1 is 0.743 bits per heavy atom. The van der Waals surface area contributed by atoms with Gasteiger partial charge in [0.25, 0.3) is 0 Å². The van der Waals surface area contributed by atoms with Gasteiger partial charge in [0.05, 0.1) is 8.80 Å². The van der Waals surface area contributed by atoms with E-state index >= 15 is 0 Å². The third kappa shape index (κ3) is 7.38. The molecule has 0 saturated carbocycles. The summed E-state index contributed by atoms with van der Waals surface area (Å²) in [6.07, 6.45) is 8.85. The van der Waals surface area contributed by atoms with Gasteiger partial charge >= 0.3 is 26.2 Å². The van der Waals surface area contributed by atoms with Crippen LogP contribution in [0.1, 0.15) is 54.2 Å². The monoisotopic (exact) mass is 600 g/mol. The Kier molecular flexibility index (Phi) is 13.4. The van der Waals surface area contributed by atoms with Crippen LogP contribution in [0.15, 0.2) is 54.6 Å². The van der Waals surface area contributed by atoms with Gasteiger partial charge < -0.3 is 24.8 Å². The molecule has 4 rings (SSSR count). The van der Waals surface area contributed by atoms with Crippen LogP contribution in [0.25, 0.3) is 21.9 Å². The molecule has 0 unspecified atom stereocenters. The third-order valence-electron chi connectivity index (χ3n) is 7.20. The van der Waals surface area contributed by atoms with Crippen molar-refractivity contribution in [3.63, 3.8) is 0 Å². The number of hydrogen-bond donors (Lipinski definition) is 0. The van der Waals surface area contributed by atoms with Crippen molar-refractivity contribution in [2.75, 3.05) is 0 Å². The van der Waals surface area contributed by atoms with E-state index in [4.69, 9.17) is 0 Å². The molecule has 35 heavy (non-hydrogen) atoms. The van der Waals surface area contributed by atoms with E-state index in [2.05, 4.69) is 123 Å². The molecule has 3 aromatic rings. The molecule has 0 amide bonds. The second-order valence-electron chi connectivity index (χ2n) is 10.7. The van der Waals surface area contributed by atoms with Crippen molar-refractivity contribution in [2.45, 2.75) is 79.4 Å². The maximum Gasteiger partial charge on any atom is 3.00 e. The Morgan fingerprint density at radius 3 is 1.69 bits per heavy atom. The molecule has 186 valence electrons. The van der Waals surface area contributed by atoms with E-state index in [0.717, 1.165) is 5.54 Å². The first kappa shape index (κ1) is 34.2. The Balaban J connectivity index is 0.000000904. The zero-order valence-corrected chi connectivity index (χ0v) is 28.0. The van der Waals surface area contributed by atoms with Crippen LogP contribution in [0.4, 0.5) is 0 Å². The van der Waals surface area contributed by atoms with Crippen molar-refractivity contribution in [3.05, 3.63) is 88.0 Å². The second kappa shape index (κ2) is 13.7. The van der Waals surface area contributed by atoms with Crippen LogP contribution in [0.3, 0.4) is 0 Å². The normalized spacial score (nSPS) is 12.7. The number of benzene rings is 2. The average Bonchev–Trinajstić information content (AvgIpc) is 3.37. The molecule has 0 spiro atoms. The summed E-state index contributed by atoms with van der Waals surface area (Å²) in [5.41, 5.74) is 12.2. The Bertz CT molecular complexity index is 1160. The third-order valence-corrected chi connectivity index (χ3v) is 8.92. The number of aryl methyl sites for hydroxylation is 3. The molecule has 0 bridgehead atoms. The summed E-state index contributed by atoms with van der Waals surface area (Å²) in [4.78, 5) is 0. The molecular weight excluding hydrogens is 563 g/mol. The van der Waals surface area contributed by atoms with E-state index in [-0.39, 0.29) is 65.2 Å². The molecule has 0 nitrogen and oxygen atoms in total. The molecule has 2 radical (unpaired) electrons. The van der Waals surface area contributed by atoms with Crippen molar-refractivity contribution < 1.29 is 51.0 Å². The second-order valence-corrected chi connectivity index (χ2v) is 13.5. The summed E-state index contributed by atoms with van der Waals surface area (Å²) in [7, 11) is -0.0859. The molecule has 1 aliphatic carbocycles. The van der Waals surface area contributed by atoms with Gasteiger partial charge in [-0.05, 0) is 35.9 Å². The standard InChI is InChI=1S/C24H29.C7H11Si.2ClH.Zr/c1-14-13-21-17(4)16(3)18(5)22(23(21)15(14)2)19-9-11-20(12-10-19)24(6,7)8;1-8(2)7-5-3-4-6-7;;;/h9-13H,1-8H3;3-7H,1-2H3;2*1H;/q-1;;;;+3/p-2. The van der Waals surface area contributed by atoms with Crippen LogP contribution in [0.2, 0.25) is 18.6 Å². The SMILES string of the molecule is C[Si](C)C1C=CC=C1.Cc1[cH-]c2c(C)c(C)c(C)c(-c3ccc(C(C)(C)C)cc3)c2c1C.[Cl-].[Cl-].[Zr+3]. The number of halogens is 2. The summed E-state index contributed by atoms with van der Waals surface area (Å²) in [6, 6.07) is 11.6. The first-order chi connectivity index (χ1) is 14.9. The van der Waals surface area contributed by atoms with Gasteiger partial charge in [0.15, 0.2) is 0 Å². The van der Waals surface area contributed by atoms with Gasteiger partial charge in [-0.3, -0.25) is 0 Å². The van der Waals surface area contributed by atoms with Crippen LogP contribution in [0.5, 0.6) is 0 Å². The summed E-state index contributed by atoms with van der Waals surface area (Å²) in [5, 5.41) is 2.86. The van der Waals surface area contributed by atoms with Gasteiger partial charge in [-0.2, -0.15) is 5.56 Å². The van der Waals surface area contributed by atoms with Crippen molar-refractivity contribution in [1.29, 1.82) is 0 Å². The molecule has 0 N–H and O–H groups in total. The summed E-state index contributed by atoms with van der Waals surface area (Å²) in [5.74, 6) is 0. The molecule has 0 saturated heterocycles. The first-order valence-electron chi connectivity index (χ1n) is 11.9. The van der Waals surface area contributed by atoms with E-state index in [0.29, 0.717) is 0 Å². The molecule has 4 heteroatoms. The van der Waals surface area contributed by atoms with Crippen molar-refractivity contribution >= 4 is 19.6 Å². The zero-order chi connectivity index (χ0) is 23.8. The van der Waals surface area contributed by atoms with E-state index in [1.165, 1.54) is 55.3 Å². The number of allylic oxidation sites excluding steroid dienone is 4. The molecule has 0 aromatic heterocycles. The van der Waals surface area contributed by atoms with Gasteiger partial charge in [0.2, 0.25) is 0 Å². The Hall–Kier alpha value is -0.790. The van der Waals surface area contributed by atoms with Gasteiger partial charge in [0.1, 0.15) is 0 Å². The van der Waals surface area contributed by atoms with Crippen LogP contribution in [-0.2, 0) is 31.6 Å². The van der Waals surface area contributed by atoms with E-state index in [9.17, 15) is 0 Å².